The summed E-state index contributed by atoms with van der Waals surface area (Å²) in [5.74, 6) is 0.202. The van der Waals surface area contributed by atoms with Crippen LogP contribution in [0.2, 0.25) is 0 Å². The predicted octanol–water partition coefficient (Wildman–Crippen LogP) is 2.08. The van der Waals surface area contributed by atoms with E-state index in [1.165, 1.54) is 21.1 Å². The Balaban J connectivity index is 2.01. The number of pyridine rings is 1. The van der Waals surface area contributed by atoms with Crippen LogP contribution in [-0.2, 0) is 31.0 Å². The third-order valence-corrected chi connectivity index (χ3v) is 4.78. The Labute approximate surface area is 157 Å². The van der Waals surface area contributed by atoms with E-state index >= 15 is 0 Å². The third kappa shape index (κ3) is 3.45. The minimum atomic E-state index is -1.55. The van der Waals surface area contributed by atoms with Gasteiger partial charge in [-0.1, -0.05) is 12.1 Å². The van der Waals surface area contributed by atoms with Crippen LogP contribution in [0, 0.1) is 0 Å². The summed E-state index contributed by atoms with van der Waals surface area (Å²) in [7, 11) is 2.50. The Hall–Kier alpha value is -3.09. The number of aromatic nitrogens is 1. The summed E-state index contributed by atoms with van der Waals surface area (Å²) < 4.78 is 15.6. The van der Waals surface area contributed by atoms with Gasteiger partial charge in [-0.2, -0.15) is 0 Å². The Morgan fingerprint density at radius 2 is 1.89 bits per heavy atom. The number of benzene rings is 1. The molecule has 1 aromatic carbocycles. The molecule has 27 heavy (non-hydrogen) atoms. The van der Waals surface area contributed by atoms with Crippen LogP contribution in [0.3, 0.4) is 0 Å². The fraction of sp³-hybridized carbons (Fsp3) is 0.350. The highest BCUT2D eigenvalue weighted by Crippen LogP contribution is 2.33. The van der Waals surface area contributed by atoms with Crippen LogP contribution in [-0.4, -0.2) is 44.3 Å². The van der Waals surface area contributed by atoms with Gasteiger partial charge in [-0.3, -0.25) is 9.59 Å². The molecule has 7 nitrogen and oxygen atoms in total. The highest BCUT2D eigenvalue weighted by molar-refractivity contribution is 6.05. The lowest BCUT2D eigenvalue weighted by molar-refractivity contribution is -0.160. The predicted molar refractivity (Wildman–Crippen MR) is 98.6 cm³/mol. The van der Waals surface area contributed by atoms with Crippen molar-refractivity contribution < 1.29 is 23.8 Å². The number of esters is 2. The molecule has 0 aliphatic carbocycles. The lowest BCUT2D eigenvalue weighted by Crippen LogP contribution is -2.42. The van der Waals surface area contributed by atoms with Crippen LogP contribution in [0.15, 0.2) is 42.6 Å². The third-order valence-electron chi connectivity index (χ3n) is 4.78. The van der Waals surface area contributed by atoms with Crippen molar-refractivity contribution in [3.05, 3.63) is 53.7 Å². The van der Waals surface area contributed by atoms with Gasteiger partial charge in [-0.25, -0.2) is 4.98 Å². The first-order valence-electron chi connectivity index (χ1n) is 8.59. The number of anilines is 1. The van der Waals surface area contributed by atoms with E-state index in [0.717, 1.165) is 11.4 Å². The molecule has 0 spiro atoms. The van der Waals surface area contributed by atoms with E-state index in [0.29, 0.717) is 31.0 Å². The van der Waals surface area contributed by atoms with E-state index in [2.05, 4.69) is 9.88 Å². The largest absolute Gasteiger partial charge is 0.491 e. The summed E-state index contributed by atoms with van der Waals surface area (Å²) >= 11 is 0. The van der Waals surface area contributed by atoms with Gasteiger partial charge in [0.1, 0.15) is 18.2 Å². The molecular weight excluding hydrogens is 348 g/mol. The van der Waals surface area contributed by atoms with Gasteiger partial charge in [-0.05, 0) is 36.8 Å². The summed E-state index contributed by atoms with van der Waals surface area (Å²) in [4.78, 5) is 31.2. The van der Waals surface area contributed by atoms with Crippen molar-refractivity contribution in [1.82, 2.24) is 4.98 Å². The number of carbonyl (C=O) groups excluding carboxylic acids is 2. The van der Waals surface area contributed by atoms with Crippen molar-refractivity contribution in [1.29, 1.82) is 0 Å². The zero-order chi connectivity index (χ0) is 19.4. The maximum absolute atomic E-state index is 12.4. The lowest BCUT2D eigenvalue weighted by atomic mass is 9.81. The van der Waals surface area contributed by atoms with Crippen molar-refractivity contribution in [2.75, 3.05) is 32.3 Å². The maximum atomic E-state index is 12.4. The van der Waals surface area contributed by atoms with Crippen LogP contribution in [0.4, 0.5) is 5.82 Å². The normalized spacial score (nSPS) is 13.8. The van der Waals surface area contributed by atoms with E-state index in [4.69, 9.17) is 14.2 Å². The Bertz CT molecular complexity index is 822. The topological polar surface area (TPSA) is 78.0 Å². The van der Waals surface area contributed by atoms with Crippen LogP contribution >= 0.6 is 0 Å². The zero-order valence-corrected chi connectivity index (χ0v) is 15.6. The number of carbonyl (C=O) groups is 2. The summed E-state index contributed by atoms with van der Waals surface area (Å²) in [5.41, 5.74) is -0.207. The Morgan fingerprint density at radius 3 is 2.52 bits per heavy atom. The van der Waals surface area contributed by atoms with Crippen molar-refractivity contribution in [3.63, 3.8) is 0 Å². The molecule has 2 heterocycles. The molecule has 0 N–H and O–H groups in total. The molecule has 0 amide bonds. The maximum Gasteiger partial charge on any atom is 0.327 e. The van der Waals surface area contributed by atoms with Crippen LogP contribution < -0.4 is 9.64 Å². The second-order valence-corrected chi connectivity index (χ2v) is 6.39. The van der Waals surface area contributed by atoms with Crippen LogP contribution in [0.25, 0.3) is 0 Å². The SMILES string of the molecule is COC(=O)C(C)(C(=O)OC)c1ccc2c(c1)CN(c1ccccn1)CCO2. The number of fused-ring (bicyclic) bond motifs is 1. The van der Waals surface area contributed by atoms with E-state index in [-0.39, 0.29) is 0 Å². The molecule has 7 heteroatoms. The van der Waals surface area contributed by atoms with Gasteiger partial charge in [-0.15, -0.1) is 0 Å². The van der Waals surface area contributed by atoms with E-state index in [9.17, 15) is 9.59 Å². The molecule has 2 aromatic rings. The molecule has 1 aromatic heterocycles. The molecule has 0 saturated carbocycles. The van der Waals surface area contributed by atoms with Gasteiger partial charge in [0.05, 0.1) is 20.8 Å². The second kappa shape index (κ2) is 7.65. The standard InChI is InChI=1S/C20H22N2O5/c1-20(18(23)25-2,19(24)26-3)15-7-8-16-14(12-15)13-22(10-11-27-16)17-6-4-5-9-21-17/h4-9,12H,10-11,13H2,1-3H3. The highest BCUT2D eigenvalue weighted by atomic mass is 16.5. The van der Waals surface area contributed by atoms with E-state index < -0.39 is 17.4 Å². The molecule has 1 aliphatic rings. The van der Waals surface area contributed by atoms with Gasteiger partial charge < -0.3 is 19.1 Å². The van der Waals surface area contributed by atoms with E-state index in [1.54, 1.807) is 24.4 Å². The van der Waals surface area contributed by atoms with Crippen LogP contribution in [0.1, 0.15) is 18.1 Å². The van der Waals surface area contributed by atoms with Crippen molar-refractivity contribution in [2.24, 2.45) is 0 Å². The van der Waals surface area contributed by atoms with Gasteiger partial charge in [0.15, 0.2) is 5.41 Å². The smallest absolute Gasteiger partial charge is 0.327 e. The van der Waals surface area contributed by atoms with Crippen LogP contribution in [0.5, 0.6) is 5.75 Å². The van der Waals surface area contributed by atoms with E-state index in [1.807, 2.05) is 18.2 Å². The summed E-state index contributed by atoms with van der Waals surface area (Å²) in [6.45, 7) is 3.22. The summed E-state index contributed by atoms with van der Waals surface area (Å²) in [6.07, 6.45) is 1.74. The summed E-state index contributed by atoms with van der Waals surface area (Å²) in [6, 6.07) is 11.0. The lowest BCUT2D eigenvalue weighted by Gasteiger charge is -2.25. The number of methoxy groups -OCH3 is 2. The minimum Gasteiger partial charge on any atom is -0.491 e. The van der Waals surface area contributed by atoms with Crippen molar-refractivity contribution in [2.45, 2.75) is 18.9 Å². The molecule has 3 rings (SSSR count). The quantitative estimate of drug-likeness (QED) is 0.602. The number of hydrogen-bond acceptors (Lipinski definition) is 7. The molecule has 0 bridgehead atoms. The molecule has 0 unspecified atom stereocenters. The minimum absolute atomic E-state index is 0.492. The Morgan fingerprint density at radius 1 is 1.15 bits per heavy atom. The molecule has 0 radical (unpaired) electrons. The molecule has 0 fully saturated rings. The number of rotatable bonds is 4. The molecule has 1 aliphatic heterocycles. The molecule has 0 atom stereocenters. The summed E-state index contributed by atoms with van der Waals surface area (Å²) in [5, 5.41) is 0. The first-order chi connectivity index (χ1) is 13.0. The van der Waals surface area contributed by atoms with Gasteiger partial charge >= 0.3 is 11.9 Å². The monoisotopic (exact) mass is 370 g/mol. The number of hydrogen-bond donors (Lipinski definition) is 0. The second-order valence-electron chi connectivity index (χ2n) is 6.39. The van der Waals surface area contributed by atoms with Gasteiger partial charge in [0.25, 0.3) is 0 Å². The first kappa shape index (κ1) is 18.7. The zero-order valence-electron chi connectivity index (χ0n) is 15.6. The average molecular weight is 370 g/mol. The fourth-order valence-corrected chi connectivity index (χ4v) is 3.17. The molecule has 0 saturated heterocycles. The van der Waals surface area contributed by atoms with Crippen molar-refractivity contribution in [3.8, 4) is 5.75 Å². The van der Waals surface area contributed by atoms with Crippen molar-refractivity contribution >= 4 is 17.8 Å². The molecule has 142 valence electrons. The fourth-order valence-electron chi connectivity index (χ4n) is 3.17. The average Bonchev–Trinajstić information content (AvgIpc) is 2.94. The van der Waals surface area contributed by atoms with Gasteiger partial charge in [0, 0.05) is 18.3 Å². The van der Waals surface area contributed by atoms with Gasteiger partial charge in [0.2, 0.25) is 0 Å². The number of nitrogens with zero attached hydrogens (tertiary/aromatic N) is 2. The Kier molecular flexibility index (Phi) is 5.30. The first-order valence-corrected chi connectivity index (χ1v) is 8.59. The highest BCUT2D eigenvalue weighted by Gasteiger charge is 2.46. The molecular formula is C20H22N2O5. The number of ether oxygens (including phenoxy) is 3.